The van der Waals surface area contributed by atoms with Gasteiger partial charge in [-0.25, -0.2) is 0 Å². The van der Waals surface area contributed by atoms with Gasteiger partial charge in [-0.1, -0.05) is 48.5 Å². The van der Waals surface area contributed by atoms with Crippen molar-refractivity contribution in [2.24, 2.45) is 0 Å². The number of nitrogens with one attached hydrogen (secondary N) is 1. The van der Waals surface area contributed by atoms with Crippen LogP contribution >= 0.6 is 0 Å². The first-order valence-electron chi connectivity index (χ1n) is 6.32. The molecule has 2 aromatic carbocycles. The van der Waals surface area contributed by atoms with E-state index >= 15 is 0 Å². The SMILES string of the molecule is C[C@H](NCCOc1ccccc1)c1ccccc1. The van der Waals surface area contributed by atoms with Gasteiger partial charge in [-0.05, 0) is 24.6 Å². The standard InChI is InChI=1S/C16H19NO/c1-14(15-8-4-2-5-9-15)17-12-13-18-16-10-6-3-7-11-16/h2-11,14,17H,12-13H2,1H3/t14-/m0/s1. The van der Waals surface area contributed by atoms with E-state index in [4.69, 9.17) is 4.74 Å². The van der Waals surface area contributed by atoms with Crippen molar-refractivity contribution in [1.82, 2.24) is 5.32 Å². The summed E-state index contributed by atoms with van der Waals surface area (Å²) in [6, 6.07) is 20.7. The lowest BCUT2D eigenvalue weighted by atomic mass is 10.1. The molecule has 0 radical (unpaired) electrons. The first kappa shape index (κ1) is 12.7. The molecular weight excluding hydrogens is 222 g/mol. The Morgan fingerprint density at radius 1 is 0.944 bits per heavy atom. The van der Waals surface area contributed by atoms with Crippen LogP contribution in [0.4, 0.5) is 0 Å². The predicted molar refractivity (Wildman–Crippen MR) is 74.8 cm³/mol. The average molecular weight is 241 g/mol. The van der Waals surface area contributed by atoms with Gasteiger partial charge in [0.25, 0.3) is 0 Å². The fraction of sp³-hybridized carbons (Fsp3) is 0.250. The summed E-state index contributed by atoms with van der Waals surface area (Å²) in [7, 11) is 0. The summed E-state index contributed by atoms with van der Waals surface area (Å²) >= 11 is 0. The largest absolute Gasteiger partial charge is 0.492 e. The molecule has 0 spiro atoms. The Hall–Kier alpha value is -1.80. The van der Waals surface area contributed by atoms with E-state index in [-0.39, 0.29) is 0 Å². The Bertz CT molecular complexity index is 441. The molecule has 1 N–H and O–H groups in total. The lowest BCUT2D eigenvalue weighted by molar-refractivity contribution is 0.307. The van der Waals surface area contributed by atoms with Crippen molar-refractivity contribution >= 4 is 0 Å². The Balaban J connectivity index is 1.70. The lowest BCUT2D eigenvalue weighted by Gasteiger charge is -2.14. The van der Waals surface area contributed by atoms with Crippen LogP contribution in [0.5, 0.6) is 5.75 Å². The quantitative estimate of drug-likeness (QED) is 0.782. The first-order chi connectivity index (χ1) is 8.86. The summed E-state index contributed by atoms with van der Waals surface area (Å²) < 4.78 is 5.63. The number of rotatable bonds is 6. The maximum Gasteiger partial charge on any atom is 0.119 e. The average Bonchev–Trinajstić information content (AvgIpc) is 2.45. The topological polar surface area (TPSA) is 21.3 Å². The first-order valence-corrected chi connectivity index (χ1v) is 6.32. The van der Waals surface area contributed by atoms with Crippen LogP contribution in [0.25, 0.3) is 0 Å². The Morgan fingerprint density at radius 2 is 1.56 bits per heavy atom. The van der Waals surface area contributed by atoms with E-state index in [2.05, 4.69) is 36.5 Å². The van der Waals surface area contributed by atoms with Crippen molar-refractivity contribution in [1.29, 1.82) is 0 Å². The van der Waals surface area contributed by atoms with Gasteiger partial charge in [0.1, 0.15) is 12.4 Å². The van der Waals surface area contributed by atoms with Crippen molar-refractivity contribution in [2.45, 2.75) is 13.0 Å². The summed E-state index contributed by atoms with van der Waals surface area (Å²) in [6.45, 7) is 3.68. The number of ether oxygens (including phenoxy) is 1. The molecular formula is C16H19NO. The van der Waals surface area contributed by atoms with Gasteiger partial charge in [-0.3, -0.25) is 0 Å². The molecule has 0 amide bonds. The second kappa shape index (κ2) is 6.82. The van der Waals surface area contributed by atoms with Crippen LogP contribution in [0.1, 0.15) is 18.5 Å². The molecule has 2 heteroatoms. The van der Waals surface area contributed by atoms with E-state index in [9.17, 15) is 0 Å². The fourth-order valence-electron chi connectivity index (χ4n) is 1.82. The summed E-state index contributed by atoms with van der Waals surface area (Å²) in [5, 5.41) is 3.44. The molecule has 0 aliphatic heterocycles. The Kier molecular flexibility index (Phi) is 4.79. The van der Waals surface area contributed by atoms with E-state index in [0.717, 1.165) is 12.3 Å². The van der Waals surface area contributed by atoms with Crippen LogP contribution in [-0.2, 0) is 0 Å². The summed E-state index contributed by atoms with van der Waals surface area (Å²) in [5.74, 6) is 0.923. The van der Waals surface area contributed by atoms with Gasteiger partial charge >= 0.3 is 0 Å². The smallest absolute Gasteiger partial charge is 0.119 e. The lowest BCUT2D eigenvalue weighted by Crippen LogP contribution is -2.24. The second-order valence-electron chi connectivity index (χ2n) is 4.25. The number of hydrogen-bond donors (Lipinski definition) is 1. The molecule has 0 saturated carbocycles. The highest BCUT2D eigenvalue weighted by molar-refractivity contribution is 5.21. The maximum atomic E-state index is 5.63. The second-order valence-corrected chi connectivity index (χ2v) is 4.25. The predicted octanol–water partition coefficient (Wildman–Crippen LogP) is 3.42. The third kappa shape index (κ3) is 3.90. The zero-order chi connectivity index (χ0) is 12.6. The molecule has 94 valence electrons. The molecule has 18 heavy (non-hydrogen) atoms. The minimum Gasteiger partial charge on any atom is -0.492 e. The van der Waals surface area contributed by atoms with Gasteiger partial charge in [-0.15, -0.1) is 0 Å². The van der Waals surface area contributed by atoms with Gasteiger partial charge in [0.15, 0.2) is 0 Å². The van der Waals surface area contributed by atoms with Gasteiger partial charge in [0.05, 0.1) is 0 Å². The normalized spacial score (nSPS) is 12.1. The molecule has 2 aromatic rings. The van der Waals surface area contributed by atoms with E-state index in [0.29, 0.717) is 12.6 Å². The molecule has 0 aliphatic carbocycles. The highest BCUT2D eigenvalue weighted by atomic mass is 16.5. The van der Waals surface area contributed by atoms with E-state index in [1.54, 1.807) is 0 Å². The molecule has 2 nitrogen and oxygen atoms in total. The molecule has 2 rings (SSSR count). The van der Waals surface area contributed by atoms with Crippen LogP contribution in [0.2, 0.25) is 0 Å². The third-order valence-electron chi connectivity index (χ3n) is 2.86. The van der Waals surface area contributed by atoms with Gasteiger partial charge in [0, 0.05) is 12.6 Å². The minimum atomic E-state index is 0.352. The fourth-order valence-corrected chi connectivity index (χ4v) is 1.82. The van der Waals surface area contributed by atoms with Crippen molar-refractivity contribution < 1.29 is 4.74 Å². The zero-order valence-corrected chi connectivity index (χ0v) is 10.7. The van der Waals surface area contributed by atoms with Crippen LogP contribution in [0.3, 0.4) is 0 Å². The van der Waals surface area contributed by atoms with Crippen molar-refractivity contribution in [3.8, 4) is 5.75 Å². The number of hydrogen-bond acceptors (Lipinski definition) is 2. The van der Waals surface area contributed by atoms with Crippen molar-refractivity contribution in [2.75, 3.05) is 13.2 Å². The van der Waals surface area contributed by atoms with Crippen molar-refractivity contribution in [3.05, 3.63) is 66.2 Å². The molecule has 0 fully saturated rings. The van der Waals surface area contributed by atoms with Crippen LogP contribution in [0, 0.1) is 0 Å². The molecule has 0 unspecified atom stereocenters. The zero-order valence-electron chi connectivity index (χ0n) is 10.7. The highest BCUT2D eigenvalue weighted by Gasteiger charge is 2.02. The maximum absolute atomic E-state index is 5.63. The van der Waals surface area contributed by atoms with Crippen LogP contribution < -0.4 is 10.1 Å². The monoisotopic (exact) mass is 241 g/mol. The molecule has 0 aromatic heterocycles. The molecule has 0 heterocycles. The Morgan fingerprint density at radius 3 is 2.22 bits per heavy atom. The van der Waals surface area contributed by atoms with Crippen molar-refractivity contribution in [3.63, 3.8) is 0 Å². The minimum absolute atomic E-state index is 0.352. The van der Waals surface area contributed by atoms with Crippen LogP contribution in [-0.4, -0.2) is 13.2 Å². The van der Waals surface area contributed by atoms with E-state index < -0.39 is 0 Å². The molecule has 0 aliphatic rings. The van der Waals surface area contributed by atoms with Gasteiger partial charge in [-0.2, -0.15) is 0 Å². The third-order valence-corrected chi connectivity index (χ3v) is 2.86. The molecule has 0 saturated heterocycles. The summed E-state index contributed by atoms with van der Waals surface area (Å²) in [6.07, 6.45) is 0. The molecule has 0 bridgehead atoms. The molecule has 1 atom stereocenters. The van der Waals surface area contributed by atoms with E-state index in [1.807, 2.05) is 36.4 Å². The van der Waals surface area contributed by atoms with Gasteiger partial charge in [0.2, 0.25) is 0 Å². The summed E-state index contributed by atoms with van der Waals surface area (Å²) in [4.78, 5) is 0. The highest BCUT2D eigenvalue weighted by Crippen LogP contribution is 2.11. The Labute approximate surface area is 109 Å². The van der Waals surface area contributed by atoms with E-state index in [1.165, 1.54) is 5.56 Å². The van der Waals surface area contributed by atoms with Crippen LogP contribution in [0.15, 0.2) is 60.7 Å². The van der Waals surface area contributed by atoms with Gasteiger partial charge < -0.3 is 10.1 Å². The summed E-state index contributed by atoms with van der Waals surface area (Å²) in [5.41, 5.74) is 1.30. The number of para-hydroxylation sites is 1. The number of benzene rings is 2.